The first-order chi connectivity index (χ1) is 9.03. The van der Waals surface area contributed by atoms with Crippen LogP contribution in [0.3, 0.4) is 0 Å². The second kappa shape index (κ2) is 5.88. The van der Waals surface area contributed by atoms with Crippen LogP contribution in [0, 0.1) is 5.82 Å². The SMILES string of the molecule is CNCc1cccc(F)c1N1CCCC(C)(O)CC1. The molecular formula is C15H23FN2O. The van der Waals surface area contributed by atoms with Gasteiger partial charge in [-0.1, -0.05) is 12.1 Å². The van der Waals surface area contributed by atoms with Gasteiger partial charge in [-0.05, 0) is 44.9 Å². The molecule has 0 amide bonds. The molecule has 1 heterocycles. The van der Waals surface area contributed by atoms with Crippen LogP contribution in [0.2, 0.25) is 0 Å². The first-order valence-corrected chi connectivity index (χ1v) is 6.93. The van der Waals surface area contributed by atoms with Crippen LogP contribution in [-0.2, 0) is 6.54 Å². The number of rotatable bonds is 3. The number of nitrogens with zero attached hydrogens (tertiary/aromatic N) is 1. The van der Waals surface area contributed by atoms with Crippen LogP contribution < -0.4 is 10.2 Å². The Bertz CT molecular complexity index is 434. The van der Waals surface area contributed by atoms with Crippen LogP contribution in [0.4, 0.5) is 10.1 Å². The molecular weight excluding hydrogens is 243 g/mol. The van der Waals surface area contributed by atoms with Crippen LogP contribution in [0.25, 0.3) is 0 Å². The van der Waals surface area contributed by atoms with Crippen molar-refractivity contribution in [3.63, 3.8) is 0 Å². The molecule has 0 bridgehead atoms. The largest absolute Gasteiger partial charge is 0.390 e. The van der Waals surface area contributed by atoms with Crippen molar-refractivity contribution in [3.8, 4) is 0 Å². The van der Waals surface area contributed by atoms with E-state index in [0.717, 1.165) is 24.9 Å². The van der Waals surface area contributed by atoms with Gasteiger partial charge < -0.3 is 15.3 Å². The third kappa shape index (κ3) is 3.45. The maximum atomic E-state index is 14.2. The summed E-state index contributed by atoms with van der Waals surface area (Å²) in [7, 11) is 1.86. The van der Waals surface area contributed by atoms with E-state index in [4.69, 9.17) is 0 Å². The third-order valence-electron chi connectivity index (χ3n) is 3.82. The maximum Gasteiger partial charge on any atom is 0.146 e. The van der Waals surface area contributed by atoms with E-state index in [9.17, 15) is 9.50 Å². The highest BCUT2D eigenvalue weighted by atomic mass is 19.1. The zero-order valence-electron chi connectivity index (χ0n) is 11.7. The number of anilines is 1. The van der Waals surface area contributed by atoms with E-state index in [1.165, 1.54) is 6.07 Å². The van der Waals surface area contributed by atoms with E-state index in [2.05, 4.69) is 10.2 Å². The molecule has 0 aliphatic carbocycles. The minimum atomic E-state index is -0.622. The number of halogens is 1. The summed E-state index contributed by atoms with van der Waals surface area (Å²) < 4.78 is 14.2. The Balaban J connectivity index is 2.25. The molecule has 1 saturated heterocycles. The predicted octanol–water partition coefficient (Wildman–Crippen LogP) is 2.29. The number of hydrogen-bond acceptors (Lipinski definition) is 3. The topological polar surface area (TPSA) is 35.5 Å². The standard InChI is InChI=1S/C15H23FN2O/c1-15(19)7-4-9-18(10-8-15)14-12(11-17-2)5-3-6-13(14)16/h3,5-6,17,19H,4,7-11H2,1-2H3. The monoisotopic (exact) mass is 266 g/mol. The van der Waals surface area contributed by atoms with Crippen LogP contribution in [0.5, 0.6) is 0 Å². The van der Waals surface area contributed by atoms with Gasteiger partial charge in [0.15, 0.2) is 0 Å². The summed E-state index contributed by atoms with van der Waals surface area (Å²) in [5, 5.41) is 13.2. The van der Waals surface area contributed by atoms with Gasteiger partial charge in [0.05, 0.1) is 11.3 Å². The lowest BCUT2D eigenvalue weighted by Crippen LogP contribution is -2.30. The lowest BCUT2D eigenvalue weighted by molar-refractivity contribution is 0.0481. The molecule has 2 rings (SSSR count). The Morgan fingerprint density at radius 3 is 2.89 bits per heavy atom. The van der Waals surface area contributed by atoms with E-state index >= 15 is 0 Å². The smallest absolute Gasteiger partial charge is 0.146 e. The summed E-state index contributed by atoms with van der Waals surface area (Å²) in [6.45, 7) is 4.02. The zero-order chi connectivity index (χ0) is 13.9. The van der Waals surface area contributed by atoms with Crippen molar-refractivity contribution in [1.29, 1.82) is 0 Å². The minimum Gasteiger partial charge on any atom is -0.390 e. The summed E-state index contributed by atoms with van der Waals surface area (Å²) >= 11 is 0. The van der Waals surface area contributed by atoms with Crippen molar-refractivity contribution >= 4 is 5.69 Å². The lowest BCUT2D eigenvalue weighted by atomic mass is 9.98. The van der Waals surface area contributed by atoms with Gasteiger partial charge in [-0.15, -0.1) is 0 Å². The molecule has 19 heavy (non-hydrogen) atoms. The van der Waals surface area contributed by atoms with Gasteiger partial charge in [0.25, 0.3) is 0 Å². The molecule has 1 aliphatic rings. The molecule has 2 N–H and O–H groups in total. The summed E-state index contributed by atoms with van der Waals surface area (Å²) in [5.41, 5.74) is 1.04. The van der Waals surface area contributed by atoms with Crippen molar-refractivity contribution in [2.24, 2.45) is 0 Å². The fourth-order valence-electron chi connectivity index (χ4n) is 2.73. The quantitative estimate of drug-likeness (QED) is 0.881. The van der Waals surface area contributed by atoms with E-state index < -0.39 is 5.60 Å². The number of nitrogens with one attached hydrogen (secondary N) is 1. The van der Waals surface area contributed by atoms with Crippen molar-refractivity contribution < 1.29 is 9.50 Å². The Labute approximate surface area is 114 Å². The summed E-state index contributed by atoms with van der Waals surface area (Å²) in [4.78, 5) is 2.07. The van der Waals surface area contributed by atoms with Gasteiger partial charge in [-0.2, -0.15) is 0 Å². The Morgan fingerprint density at radius 1 is 1.37 bits per heavy atom. The molecule has 1 fully saturated rings. The highest BCUT2D eigenvalue weighted by molar-refractivity contribution is 5.55. The van der Waals surface area contributed by atoms with Crippen LogP contribution in [-0.4, -0.2) is 30.8 Å². The van der Waals surface area contributed by atoms with Gasteiger partial charge in [0.1, 0.15) is 5.82 Å². The van der Waals surface area contributed by atoms with Gasteiger partial charge in [-0.25, -0.2) is 4.39 Å². The Kier molecular flexibility index (Phi) is 4.42. The zero-order valence-corrected chi connectivity index (χ0v) is 11.7. The molecule has 0 radical (unpaired) electrons. The number of benzene rings is 1. The first kappa shape index (κ1) is 14.3. The highest BCUT2D eigenvalue weighted by Gasteiger charge is 2.26. The van der Waals surface area contributed by atoms with Crippen LogP contribution >= 0.6 is 0 Å². The van der Waals surface area contributed by atoms with Crippen LogP contribution in [0.15, 0.2) is 18.2 Å². The molecule has 0 spiro atoms. The molecule has 0 saturated carbocycles. The molecule has 1 aromatic rings. The molecule has 1 aromatic carbocycles. The number of hydrogen-bond donors (Lipinski definition) is 2. The third-order valence-corrected chi connectivity index (χ3v) is 3.82. The molecule has 1 aliphatic heterocycles. The minimum absolute atomic E-state index is 0.172. The fourth-order valence-corrected chi connectivity index (χ4v) is 2.73. The van der Waals surface area contributed by atoms with Crippen molar-refractivity contribution in [3.05, 3.63) is 29.6 Å². The molecule has 106 valence electrons. The molecule has 3 nitrogen and oxygen atoms in total. The van der Waals surface area contributed by atoms with Gasteiger partial charge in [0.2, 0.25) is 0 Å². The maximum absolute atomic E-state index is 14.2. The summed E-state index contributed by atoms with van der Waals surface area (Å²) in [6.07, 6.45) is 2.35. The summed E-state index contributed by atoms with van der Waals surface area (Å²) in [6, 6.07) is 5.22. The van der Waals surface area contributed by atoms with Gasteiger partial charge in [0, 0.05) is 19.6 Å². The second-order valence-electron chi connectivity index (χ2n) is 5.62. The Hall–Kier alpha value is -1.13. The highest BCUT2D eigenvalue weighted by Crippen LogP contribution is 2.29. The molecule has 1 atom stereocenters. The number of aliphatic hydroxyl groups is 1. The van der Waals surface area contributed by atoms with Crippen molar-refractivity contribution in [2.45, 2.75) is 38.3 Å². The van der Waals surface area contributed by atoms with E-state index in [-0.39, 0.29) is 5.82 Å². The average Bonchev–Trinajstić information content (AvgIpc) is 2.51. The second-order valence-corrected chi connectivity index (χ2v) is 5.62. The van der Waals surface area contributed by atoms with E-state index in [1.54, 1.807) is 6.07 Å². The molecule has 1 unspecified atom stereocenters. The fraction of sp³-hybridized carbons (Fsp3) is 0.600. The molecule has 0 aromatic heterocycles. The normalized spacial score (nSPS) is 24.3. The summed E-state index contributed by atoms with van der Waals surface area (Å²) in [5.74, 6) is -0.172. The number of para-hydroxylation sites is 1. The van der Waals surface area contributed by atoms with Crippen molar-refractivity contribution in [1.82, 2.24) is 5.32 Å². The van der Waals surface area contributed by atoms with Gasteiger partial charge in [-0.3, -0.25) is 0 Å². The van der Waals surface area contributed by atoms with Gasteiger partial charge >= 0.3 is 0 Å². The van der Waals surface area contributed by atoms with Crippen molar-refractivity contribution in [2.75, 3.05) is 25.0 Å². The first-order valence-electron chi connectivity index (χ1n) is 6.93. The van der Waals surface area contributed by atoms with E-state index in [1.807, 2.05) is 20.0 Å². The average molecular weight is 266 g/mol. The lowest BCUT2D eigenvalue weighted by Gasteiger charge is -2.27. The predicted molar refractivity (Wildman–Crippen MR) is 75.9 cm³/mol. The Morgan fingerprint density at radius 2 is 2.16 bits per heavy atom. The van der Waals surface area contributed by atoms with E-state index in [0.29, 0.717) is 25.2 Å². The van der Waals surface area contributed by atoms with Crippen LogP contribution in [0.1, 0.15) is 31.7 Å². The molecule has 4 heteroatoms.